The highest BCUT2D eigenvalue weighted by Crippen LogP contribution is 2.82. The summed E-state index contributed by atoms with van der Waals surface area (Å²) < 4.78 is 0. The molecule has 4 rings (SSSR count). The van der Waals surface area contributed by atoms with Crippen LogP contribution in [-0.2, 0) is 0 Å². The van der Waals surface area contributed by atoms with Crippen molar-refractivity contribution in [3.05, 3.63) is 0 Å². The second kappa shape index (κ2) is 1.09. The van der Waals surface area contributed by atoms with E-state index in [9.17, 15) is 0 Å². The minimum Gasteiger partial charge on any atom is -0.0499 e. The van der Waals surface area contributed by atoms with E-state index < -0.39 is 0 Å². The van der Waals surface area contributed by atoms with Crippen LogP contribution >= 0.6 is 0 Å². The number of hydrogen-bond donors (Lipinski definition) is 0. The Hall–Kier alpha value is 0. The van der Waals surface area contributed by atoms with Gasteiger partial charge in [-0.05, 0) is 61.2 Å². The number of fused-ring (bicyclic) bond motifs is 2. The van der Waals surface area contributed by atoms with Gasteiger partial charge in [-0.15, -0.1) is 0 Å². The molecule has 0 amide bonds. The van der Waals surface area contributed by atoms with Gasteiger partial charge in [0, 0.05) is 0 Å². The molecule has 0 aromatic rings. The van der Waals surface area contributed by atoms with Crippen LogP contribution in [0, 0.1) is 29.1 Å². The molecular formula is C10H14. The summed E-state index contributed by atoms with van der Waals surface area (Å²) in [6, 6.07) is 0. The van der Waals surface area contributed by atoms with Crippen molar-refractivity contribution in [2.24, 2.45) is 29.1 Å². The predicted molar refractivity (Wildman–Crippen MR) is 39.5 cm³/mol. The van der Waals surface area contributed by atoms with Crippen LogP contribution in [0.15, 0.2) is 0 Å². The summed E-state index contributed by atoms with van der Waals surface area (Å²) in [6.07, 6.45) is 8.16. The average Bonchev–Trinajstić information content (AvgIpc) is 2.56. The van der Waals surface area contributed by atoms with E-state index in [1.54, 1.807) is 32.1 Å². The van der Waals surface area contributed by atoms with Crippen LogP contribution in [0.3, 0.4) is 0 Å². The average molecular weight is 134 g/mol. The molecule has 4 aliphatic rings. The maximum atomic E-state index is 1.65. The van der Waals surface area contributed by atoms with Gasteiger partial charge in [0.2, 0.25) is 0 Å². The molecule has 0 heterocycles. The van der Waals surface area contributed by atoms with Crippen molar-refractivity contribution in [2.45, 2.75) is 32.1 Å². The molecule has 4 saturated carbocycles. The summed E-state index contributed by atoms with van der Waals surface area (Å²) in [5.41, 5.74) is 1.01. The van der Waals surface area contributed by atoms with Crippen molar-refractivity contribution in [1.29, 1.82) is 0 Å². The highest BCUT2D eigenvalue weighted by atomic mass is 14.8. The second-order valence-corrected chi connectivity index (χ2v) is 5.19. The zero-order valence-corrected chi connectivity index (χ0v) is 6.34. The third-order valence-corrected chi connectivity index (χ3v) is 5.16. The van der Waals surface area contributed by atoms with Gasteiger partial charge in [-0.1, -0.05) is 0 Å². The lowest BCUT2D eigenvalue weighted by molar-refractivity contribution is 0.0362. The molecule has 2 bridgehead atoms. The van der Waals surface area contributed by atoms with Crippen molar-refractivity contribution in [3.63, 3.8) is 0 Å². The summed E-state index contributed by atoms with van der Waals surface area (Å²) in [5, 5.41) is 0. The van der Waals surface area contributed by atoms with Crippen molar-refractivity contribution in [2.75, 3.05) is 0 Å². The Kier molecular flexibility index (Phi) is 0.522. The lowest BCUT2D eigenvalue weighted by atomic mass is 9.59. The van der Waals surface area contributed by atoms with Crippen LogP contribution in [0.4, 0.5) is 0 Å². The molecule has 0 aliphatic heterocycles. The molecule has 0 nitrogen and oxygen atoms in total. The zero-order valence-electron chi connectivity index (χ0n) is 6.34. The molecule has 0 saturated heterocycles. The van der Waals surface area contributed by atoms with Crippen molar-refractivity contribution < 1.29 is 0 Å². The standard InChI is InChI=1S/C10H14/c1-2-7-4-10-5-9(10)6(1)3-8(7)10/h6-9H,1-5H2/t6?,7-,8+,9?,10?/m0/s1. The molecule has 1 spiro atoms. The first kappa shape index (κ1) is 4.79. The minimum absolute atomic E-state index is 1.01. The van der Waals surface area contributed by atoms with Crippen LogP contribution in [0.1, 0.15) is 32.1 Å². The monoisotopic (exact) mass is 134 g/mol. The molecule has 3 unspecified atom stereocenters. The first-order valence-corrected chi connectivity index (χ1v) is 4.90. The van der Waals surface area contributed by atoms with Crippen molar-refractivity contribution in [3.8, 4) is 0 Å². The molecule has 54 valence electrons. The van der Waals surface area contributed by atoms with E-state index >= 15 is 0 Å². The van der Waals surface area contributed by atoms with Gasteiger partial charge in [0.05, 0.1) is 0 Å². The molecule has 4 fully saturated rings. The van der Waals surface area contributed by atoms with Crippen LogP contribution < -0.4 is 0 Å². The maximum absolute atomic E-state index is 1.65. The second-order valence-electron chi connectivity index (χ2n) is 5.19. The summed E-state index contributed by atoms with van der Waals surface area (Å²) in [4.78, 5) is 0. The van der Waals surface area contributed by atoms with Gasteiger partial charge in [0.15, 0.2) is 0 Å². The normalized spacial score (nSPS) is 74.4. The van der Waals surface area contributed by atoms with Crippen LogP contribution in [-0.4, -0.2) is 0 Å². The van der Waals surface area contributed by atoms with E-state index in [0.717, 1.165) is 5.41 Å². The van der Waals surface area contributed by atoms with Gasteiger partial charge in [-0.25, -0.2) is 0 Å². The summed E-state index contributed by atoms with van der Waals surface area (Å²) in [7, 11) is 0. The number of hydrogen-bond acceptors (Lipinski definition) is 0. The van der Waals surface area contributed by atoms with Crippen LogP contribution in [0.2, 0.25) is 0 Å². The van der Waals surface area contributed by atoms with Crippen LogP contribution in [0.5, 0.6) is 0 Å². The van der Waals surface area contributed by atoms with Gasteiger partial charge in [0.1, 0.15) is 0 Å². The molecule has 0 N–H and O–H groups in total. The topological polar surface area (TPSA) is 0 Å². The fourth-order valence-electron chi connectivity index (χ4n) is 4.71. The third-order valence-electron chi connectivity index (χ3n) is 5.16. The fourth-order valence-corrected chi connectivity index (χ4v) is 4.71. The molecule has 0 heteroatoms. The smallest absolute Gasteiger partial charge is 0.0230 e. The van der Waals surface area contributed by atoms with Crippen LogP contribution in [0.25, 0.3) is 0 Å². The minimum atomic E-state index is 1.01. The Morgan fingerprint density at radius 1 is 0.900 bits per heavy atom. The van der Waals surface area contributed by atoms with Gasteiger partial charge >= 0.3 is 0 Å². The van der Waals surface area contributed by atoms with Gasteiger partial charge < -0.3 is 0 Å². The third kappa shape index (κ3) is 0.286. The summed E-state index contributed by atoms with van der Waals surface area (Å²) in [5.74, 6) is 4.92. The summed E-state index contributed by atoms with van der Waals surface area (Å²) >= 11 is 0. The highest BCUT2D eigenvalue weighted by molar-refractivity contribution is 5.23. The molecule has 10 heavy (non-hydrogen) atoms. The molecule has 4 aliphatic carbocycles. The molecular weight excluding hydrogens is 120 g/mol. The van der Waals surface area contributed by atoms with Gasteiger partial charge in [0.25, 0.3) is 0 Å². The molecule has 5 atom stereocenters. The Labute approximate surface area is 62.0 Å². The van der Waals surface area contributed by atoms with Gasteiger partial charge in [-0.3, -0.25) is 0 Å². The predicted octanol–water partition coefficient (Wildman–Crippen LogP) is 2.44. The largest absolute Gasteiger partial charge is 0.0499 e. The molecule has 0 aromatic heterocycles. The Balaban J connectivity index is 1.89. The Morgan fingerprint density at radius 3 is 2.70 bits per heavy atom. The first-order chi connectivity index (χ1) is 4.90. The first-order valence-electron chi connectivity index (χ1n) is 4.90. The molecule has 0 radical (unpaired) electrons. The highest BCUT2D eigenvalue weighted by Gasteiger charge is 2.75. The van der Waals surface area contributed by atoms with E-state index in [-0.39, 0.29) is 0 Å². The van der Waals surface area contributed by atoms with E-state index in [1.807, 2.05) is 0 Å². The van der Waals surface area contributed by atoms with E-state index in [2.05, 4.69) is 0 Å². The molecule has 0 aromatic carbocycles. The maximum Gasteiger partial charge on any atom is -0.0230 e. The van der Waals surface area contributed by atoms with E-state index in [0.29, 0.717) is 0 Å². The van der Waals surface area contributed by atoms with E-state index in [4.69, 9.17) is 0 Å². The van der Waals surface area contributed by atoms with Crippen molar-refractivity contribution >= 4 is 0 Å². The summed E-state index contributed by atoms with van der Waals surface area (Å²) in [6.45, 7) is 0. The fraction of sp³-hybridized carbons (Fsp3) is 1.00. The number of rotatable bonds is 0. The van der Waals surface area contributed by atoms with E-state index in [1.165, 1.54) is 23.7 Å². The van der Waals surface area contributed by atoms with Gasteiger partial charge in [-0.2, -0.15) is 0 Å². The lowest BCUT2D eigenvalue weighted by Gasteiger charge is -2.46. The van der Waals surface area contributed by atoms with Crippen molar-refractivity contribution in [1.82, 2.24) is 0 Å². The zero-order chi connectivity index (χ0) is 6.34. The SMILES string of the molecule is C1C[C@H]2CC34CC3C1C[C@H]24. The quantitative estimate of drug-likeness (QED) is 0.477. The Bertz CT molecular complexity index is 208. The lowest BCUT2D eigenvalue weighted by Crippen LogP contribution is -2.37. The Morgan fingerprint density at radius 2 is 1.80 bits per heavy atom.